The van der Waals surface area contributed by atoms with Crippen LogP contribution >= 0.6 is 0 Å². The second-order valence-corrected chi connectivity index (χ2v) is 6.08. The summed E-state index contributed by atoms with van der Waals surface area (Å²) in [6.07, 6.45) is -1.20. The van der Waals surface area contributed by atoms with Gasteiger partial charge < -0.3 is 4.90 Å². The van der Waals surface area contributed by atoms with Crippen molar-refractivity contribution < 1.29 is 18.0 Å². The first-order valence-electron chi connectivity index (χ1n) is 7.61. The molecule has 3 rings (SSSR count). The fourth-order valence-corrected chi connectivity index (χ4v) is 2.54. The van der Waals surface area contributed by atoms with Crippen molar-refractivity contribution in [2.24, 2.45) is 7.05 Å². The van der Waals surface area contributed by atoms with Crippen molar-refractivity contribution >= 4 is 5.91 Å². The van der Waals surface area contributed by atoms with Gasteiger partial charge in [0, 0.05) is 31.9 Å². The Morgan fingerprint density at radius 3 is 2.67 bits per heavy atom. The number of amides is 1. The van der Waals surface area contributed by atoms with E-state index in [0.29, 0.717) is 12.2 Å². The fourth-order valence-electron chi connectivity index (χ4n) is 2.54. The summed E-state index contributed by atoms with van der Waals surface area (Å²) in [7, 11) is 3.38. The summed E-state index contributed by atoms with van der Waals surface area (Å²) < 4.78 is 41.5. The van der Waals surface area contributed by atoms with Crippen LogP contribution in [0, 0.1) is 0 Å². The van der Waals surface area contributed by atoms with E-state index in [1.165, 1.54) is 9.58 Å². The van der Waals surface area contributed by atoms with E-state index < -0.39 is 11.9 Å². The van der Waals surface area contributed by atoms with Crippen molar-refractivity contribution in [3.63, 3.8) is 0 Å². The minimum atomic E-state index is -4.50. The zero-order valence-electron chi connectivity index (χ0n) is 13.4. The number of hydrogen-bond acceptors (Lipinski definition) is 3. The van der Waals surface area contributed by atoms with Gasteiger partial charge in [0.2, 0.25) is 5.91 Å². The van der Waals surface area contributed by atoms with Crippen molar-refractivity contribution in [3.8, 4) is 0 Å². The minimum absolute atomic E-state index is 0.0729. The molecule has 0 aromatic carbocycles. The maximum atomic E-state index is 12.9. The molecule has 0 N–H and O–H groups in total. The van der Waals surface area contributed by atoms with Crippen LogP contribution in [0.15, 0.2) is 18.3 Å². The number of rotatable bonds is 5. The number of likely N-dealkylation sites (N-methyl/N-ethyl adjacent to an activating group) is 1. The summed E-state index contributed by atoms with van der Waals surface area (Å²) in [5, 5.41) is 7.63. The molecule has 0 unspecified atom stereocenters. The molecule has 130 valence electrons. The van der Waals surface area contributed by atoms with E-state index in [1.54, 1.807) is 31.0 Å². The molecule has 0 saturated heterocycles. The molecule has 0 bridgehead atoms. The van der Waals surface area contributed by atoms with Crippen LogP contribution in [-0.2, 0) is 31.1 Å². The second-order valence-electron chi connectivity index (χ2n) is 6.08. The molecule has 1 aliphatic rings. The highest BCUT2D eigenvalue weighted by Crippen LogP contribution is 2.42. The predicted molar refractivity (Wildman–Crippen MR) is 78.9 cm³/mol. The summed E-state index contributed by atoms with van der Waals surface area (Å²) in [4.78, 5) is 13.8. The lowest BCUT2D eigenvalue weighted by Gasteiger charge is -2.18. The molecule has 2 aromatic rings. The Morgan fingerprint density at radius 1 is 1.42 bits per heavy atom. The Balaban J connectivity index is 1.74. The van der Waals surface area contributed by atoms with Gasteiger partial charge in [-0.25, -0.2) is 0 Å². The topological polar surface area (TPSA) is 56.0 Å². The smallest absolute Gasteiger partial charge is 0.338 e. The van der Waals surface area contributed by atoms with E-state index >= 15 is 0 Å². The first kappa shape index (κ1) is 16.5. The highest BCUT2D eigenvalue weighted by atomic mass is 19.4. The van der Waals surface area contributed by atoms with Gasteiger partial charge in [-0.1, -0.05) is 0 Å². The molecular formula is C15H18F3N5O. The molecule has 1 amide bonds. The van der Waals surface area contributed by atoms with E-state index in [4.69, 9.17) is 0 Å². The first-order chi connectivity index (χ1) is 11.3. The third-order valence-corrected chi connectivity index (χ3v) is 4.13. The lowest BCUT2D eigenvalue weighted by molar-refractivity contribution is -0.142. The van der Waals surface area contributed by atoms with Gasteiger partial charge in [-0.3, -0.25) is 14.2 Å². The summed E-state index contributed by atoms with van der Waals surface area (Å²) in [5.41, 5.74) is 0.390. The lowest BCUT2D eigenvalue weighted by atomic mass is 10.2. The molecule has 1 fully saturated rings. The molecule has 24 heavy (non-hydrogen) atoms. The largest absolute Gasteiger partial charge is 0.435 e. The third kappa shape index (κ3) is 3.44. The van der Waals surface area contributed by atoms with Crippen LogP contribution in [0.2, 0.25) is 0 Å². The monoisotopic (exact) mass is 341 g/mol. The van der Waals surface area contributed by atoms with Gasteiger partial charge in [0.25, 0.3) is 0 Å². The first-order valence-corrected chi connectivity index (χ1v) is 7.61. The second kappa shape index (κ2) is 5.95. The van der Waals surface area contributed by atoms with Crippen LogP contribution in [0.5, 0.6) is 0 Å². The molecule has 6 nitrogen and oxygen atoms in total. The summed E-state index contributed by atoms with van der Waals surface area (Å²) in [6.45, 7) is 0.137. The van der Waals surface area contributed by atoms with Gasteiger partial charge in [-0.15, -0.1) is 0 Å². The third-order valence-electron chi connectivity index (χ3n) is 4.13. The van der Waals surface area contributed by atoms with Crippen molar-refractivity contribution in [1.29, 1.82) is 0 Å². The highest BCUT2D eigenvalue weighted by Gasteiger charge is 2.38. The number of carbonyl (C=O) groups excluding carboxylic acids is 1. The number of hydrogen-bond donors (Lipinski definition) is 0. The molecule has 0 atom stereocenters. The average Bonchev–Trinajstić information content (AvgIpc) is 3.13. The molecule has 0 spiro atoms. The molecule has 9 heteroatoms. The number of halogens is 3. The van der Waals surface area contributed by atoms with Crippen molar-refractivity contribution in [2.45, 2.75) is 38.0 Å². The number of aryl methyl sites for hydroxylation is 1. The van der Waals surface area contributed by atoms with Crippen LogP contribution in [0.25, 0.3) is 0 Å². The Hall–Kier alpha value is -2.32. The Bertz CT molecular complexity index is 745. The molecule has 0 aliphatic heterocycles. The van der Waals surface area contributed by atoms with Gasteiger partial charge in [0.1, 0.15) is 6.54 Å². The number of carbonyl (C=O) groups is 1. The SMILES string of the molecule is CN(Cc1ccnn1C)C(=O)Cn1nc(C(F)(F)F)cc1C1CC1. The highest BCUT2D eigenvalue weighted by molar-refractivity contribution is 5.75. The van der Waals surface area contributed by atoms with Crippen molar-refractivity contribution in [3.05, 3.63) is 35.4 Å². The maximum absolute atomic E-state index is 12.9. The molecular weight excluding hydrogens is 323 g/mol. The van der Waals surface area contributed by atoms with E-state index in [-0.39, 0.29) is 18.4 Å². The Kier molecular flexibility index (Phi) is 4.10. The lowest BCUT2D eigenvalue weighted by Crippen LogP contribution is -2.31. The molecule has 1 aliphatic carbocycles. The molecule has 2 heterocycles. The van der Waals surface area contributed by atoms with E-state index in [1.807, 2.05) is 0 Å². The Labute approximate surface area is 136 Å². The van der Waals surface area contributed by atoms with Crippen LogP contribution in [0.3, 0.4) is 0 Å². The number of alkyl halides is 3. The fraction of sp³-hybridized carbons (Fsp3) is 0.533. The molecule has 2 aromatic heterocycles. The van der Waals surface area contributed by atoms with Gasteiger partial charge in [-0.2, -0.15) is 23.4 Å². The predicted octanol–water partition coefficient (Wildman–Crippen LogP) is 2.17. The minimum Gasteiger partial charge on any atom is -0.338 e. The van der Waals surface area contributed by atoms with E-state index in [2.05, 4.69) is 10.2 Å². The van der Waals surface area contributed by atoms with Crippen molar-refractivity contribution in [2.75, 3.05) is 7.05 Å². The quantitative estimate of drug-likeness (QED) is 0.838. The van der Waals surface area contributed by atoms with Gasteiger partial charge in [-0.05, 0) is 25.0 Å². The standard InChI is InChI=1S/C15H18F3N5O/c1-21(8-11-5-6-19-22(11)2)14(24)9-23-12(10-3-4-10)7-13(20-23)15(16,17)18/h5-7,10H,3-4,8-9H2,1-2H3. The number of aromatic nitrogens is 4. The normalized spacial score (nSPS) is 14.9. The average molecular weight is 341 g/mol. The van der Waals surface area contributed by atoms with Crippen LogP contribution in [0.4, 0.5) is 13.2 Å². The van der Waals surface area contributed by atoms with Crippen LogP contribution < -0.4 is 0 Å². The van der Waals surface area contributed by atoms with Crippen LogP contribution in [0.1, 0.15) is 35.8 Å². The van der Waals surface area contributed by atoms with E-state index in [0.717, 1.165) is 24.6 Å². The maximum Gasteiger partial charge on any atom is 0.435 e. The Morgan fingerprint density at radius 2 is 2.12 bits per heavy atom. The zero-order chi connectivity index (χ0) is 17.5. The summed E-state index contributed by atoms with van der Waals surface area (Å²) in [6, 6.07) is 2.85. The van der Waals surface area contributed by atoms with E-state index in [9.17, 15) is 18.0 Å². The van der Waals surface area contributed by atoms with Gasteiger partial charge in [0.15, 0.2) is 5.69 Å². The van der Waals surface area contributed by atoms with Crippen molar-refractivity contribution in [1.82, 2.24) is 24.5 Å². The van der Waals surface area contributed by atoms with Gasteiger partial charge >= 0.3 is 6.18 Å². The zero-order valence-corrected chi connectivity index (χ0v) is 13.4. The molecule has 0 radical (unpaired) electrons. The van der Waals surface area contributed by atoms with Crippen LogP contribution in [-0.4, -0.2) is 37.4 Å². The summed E-state index contributed by atoms with van der Waals surface area (Å²) >= 11 is 0. The summed E-state index contributed by atoms with van der Waals surface area (Å²) in [5.74, 6) is -0.223. The molecule has 1 saturated carbocycles. The van der Waals surface area contributed by atoms with Gasteiger partial charge in [0.05, 0.1) is 12.2 Å². The number of nitrogens with zero attached hydrogens (tertiary/aromatic N) is 5.